The number of unbranched alkanes of at least 4 members (excludes halogenated alkanes) is 3. The molecule has 10 bridgehead atoms. The Labute approximate surface area is 876 Å². The minimum absolute atomic E-state index is 0.0399. The molecule has 35 nitrogen and oxygen atoms in total. The highest BCUT2D eigenvalue weighted by Gasteiger charge is 2.66. The highest BCUT2D eigenvalue weighted by molar-refractivity contribution is 7.44. The second-order valence-electron chi connectivity index (χ2n) is 38.9. The molecule has 7 aromatic rings. The van der Waals surface area contributed by atoms with Crippen LogP contribution in [0.25, 0.3) is 0 Å². The van der Waals surface area contributed by atoms with E-state index in [9.17, 15) is 59.1 Å². The van der Waals surface area contributed by atoms with Gasteiger partial charge in [-0.1, -0.05) is 267 Å². The van der Waals surface area contributed by atoms with E-state index in [4.69, 9.17) is 58.6 Å². The number of H-pyrrole nitrogens is 2. The van der Waals surface area contributed by atoms with Gasteiger partial charge in [-0.15, -0.1) is 4.91 Å². The van der Waals surface area contributed by atoms with Crippen molar-refractivity contribution in [3.8, 4) is 12.1 Å². The number of fused-ring (bicyclic) bond motifs is 10. The third kappa shape index (κ3) is 29.1. The predicted octanol–water partition coefficient (Wildman–Crippen LogP) is 16.1. The van der Waals surface area contributed by atoms with Gasteiger partial charge in [0.1, 0.15) is 50.3 Å². The molecule has 4 aromatic carbocycles. The van der Waals surface area contributed by atoms with Crippen molar-refractivity contribution in [1.29, 1.82) is 10.5 Å². The largest absolute Gasteiger partial charge is 0.858 e. The minimum atomic E-state index is -1.34. The first-order valence-electron chi connectivity index (χ1n) is 52.1. The molecule has 3 aromatic heterocycles. The highest BCUT2D eigenvalue weighted by Crippen LogP contribution is 2.62. The number of ether oxygens (including phenoxy) is 6. The first kappa shape index (κ1) is 120. The van der Waals surface area contributed by atoms with Crippen LogP contribution in [-0.4, -0.2) is 194 Å². The molecule has 8 heterocycles. The van der Waals surface area contributed by atoms with Gasteiger partial charge in [-0.2, -0.15) is 15.5 Å². The van der Waals surface area contributed by atoms with Crippen LogP contribution in [0.2, 0.25) is 0 Å². The summed E-state index contributed by atoms with van der Waals surface area (Å²) >= 11 is 0. The van der Waals surface area contributed by atoms with Gasteiger partial charge in [0.05, 0.1) is 122 Å². The number of nitrogens with two attached hydrogens (primary N) is 1. The SMILES string of the molecule is C=C1C[C@]2(CC)O[C@@H](CN=C([O-])c3ccccc3)[C@H]1[C@@H]2O.C=C1C[C@]2(CC)O[C@@H](CN=C([O-])c3ccccc3)[C@H]1[C@@H]2OP(OCCC#N)N(CCC)CCC.C=C1C[C@]2(CC)O[C@@H](n3ccc(=O)[nH]c3=O)[C@H]1[C@@H]2C.C=C1C[C@]2(CC)O[C@@H](n3ccc(=O)[nH]c3=O)[C@H]1[C@@H]2O.C=C1C[C@]2(CC)O[C@@H](n3ccc(N)nc3=O)[C@H]1[C@@H]2O.CCCCCC.CCCN(CCC)P=NOCCC#N.O=C(OC(=O)c1ccccc1)c1ccccc1. The summed E-state index contributed by atoms with van der Waals surface area (Å²) in [5.74, 6) is -1.80. The molecule has 149 heavy (non-hydrogen) atoms. The molecule has 0 radical (unpaired) electrons. The Morgan fingerprint density at radius 2 is 0.866 bits per heavy atom. The van der Waals surface area contributed by atoms with Crippen molar-refractivity contribution in [2.75, 3.05) is 58.2 Å². The summed E-state index contributed by atoms with van der Waals surface area (Å²) in [6, 6.07) is 43.2. The molecule has 0 spiro atoms. The van der Waals surface area contributed by atoms with Crippen molar-refractivity contribution in [1.82, 2.24) is 38.0 Å². The molecule has 5 saturated heterocycles. The van der Waals surface area contributed by atoms with E-state index in [1.807, 2.05) is 63.2 Å². The molecule has 1 unspecified atom stereocenters. The van der Waals surface area contributed by atoms with Crippen LogP contribution in [0.5, 0.6) is 0 Å². The van der Waals surface area contributed by atoms with Gasteiger partial charge in [-0.25, -0.2) is 38.2 Å². The molecule has 10 fully saturated rings. The Morgan fingerprint density at radius 1 is 0.497 bits per heavy atom. The van der Waals surface area contributed by atoms with Crippen molar-refractivity contribution in [3.05, 3.63) is 293 Å². The summed E-state index contributed by atoms with van der Waals surface area (Å²) in [6.45, 7) is 50.9. The number of aromatic nitrogens is 6. The molecular formula is C112H150N14O21P2-2. The number of nitrogen functional groups attached to an aromatic ring is 1. The number of aliphatic hydroxyl groups is 3. The average molecular weight is 2090 g/mol. The van der Waals surface area contributed by atoms with E-state index >= 15 is 0 Å². The molecule has 17 rings (SSSR count). The summed E-state index contributed by atoms with van der Waals surface area (Å²) in [7, 11) is -0.480. The fourth-order valence-electron chi connectivity index (χ4n) is 21.3. The van der Waals surface area contributed by atoms with E-state index in [1.165, 1.54) is 63.9 Å². The monoisotopic (exact) mass is 2090 g/mol. The summed E-state index contributed by atoms with van der Waals surface area (Å²) in [6.07, 6.45) is 18.3. The van der Waals surface area contributed by atoms with Gasteiger partial charge in [-0.05, 0) is 123 Å². The number of hydrogen-bond acceptors (Lipinski definition) is 29. The Kier molecular flexibility index (Phi) is 45.5. The molecule has 806 valence electrons. The maximum absolute atomic E-state index is 12.6. The molecule has 10 aliphatic rings. The second-order valence-corrected chi connectivity index (χ2v) is 41.3. The summed E-state index contributed by atoms with van der Waals surface area (Å²) in [5, 5.41) is 72.9. The topological polar surface area (TPSA) is 486 Å². The first-order valence-corrected chi connectivity index (χ1v) is 54.0. The van der Waals surface area contributed by atoms with Gasteiger partial charge in [0, 0.05) is 100 Å². The lowest BCUT2D eigenvalue weighted by atomic mass is 9.88. The molecule has 37 heteroatoms. The summed E-state index contributed by atoms with van der Waals surface area (Å²) < 4.78 is 56.9. The van der Waals surface area contributed by atoms with Crippen LogP contribution in [0.3, 0.4) is 0 Å². The van der Waals surface area contributed by atoms with Crippen LogP contribution in [0.4, 0.5) is 5.82 Å². The van der Waals surface area contributed by atoms with Crippen molar-refractivity contribution in [2.24, 2.45) is 50.4 Å². The van der Waals surface area contributed by atoms with Crippen molar-refractivity contribution >= 4 is 46.6 Å². The number of aliphatic imine (C=N–C) groups is 2. The molecule has 5 aliphatic heterocycles. The first-order chi connectivity index (χ1) is 71.5. The quantitative estimate of drug-likeness (QED) is 0.00308. The highest BCUT2D eigenvalue weighted by atomic mass is 31.2. The molecule has 0 amide bonds. The van der Waals surface area contributed by atoms with Crippen LogP contribution in [0.15, 0.2) is 258 Å². The molecular weight excluding hydrogens is 1940 g/mol. The number of esters is 2. The third-order valence-corrected chi connectivity index (χ3v) is 31.6. The number of nitriles is 2. The van der Waals surface area contributed by atoms with E-state index in [0.717, 1.165) is 120 Å². The Balaban J connectivity index is 0.000000179. The minimum Gasteiger partial charge on any atom is -0.858 e. The Bertz CT molecular complexity index is 5940. The fraction of sp³-hybridized carbons (Fsp3) is 0.536. The second kappa shape index (κ2) is 56.7. The number of hydrogen-bond donors (Lipinski definition) is 6. The van der Waals surface area contributed by atoms with E-state index in [-0.39, 0.29) is 96.0 Å². The standard InChI is InChI=1S/C26H38N3O4P.C17H21NO3.C14H18N2O3.C14H10O3.C13H17N3O3.C13H16N2O4.C9H18N3OP.C6H14/c1-5-15-29(16-6-2)34(31-17-11-14-27)33-24-23-20(4)18-26(24,7-3)32-22(23)19-28-25(30)21-12-9-8-10-13-21;1-3-17-9-11(2)14(15(17)19)13(21-17)10-18-16(20)12-7-5-4-6-8-12;1-4-14-7-8(2)11(9(14)3)12(19-14)16-6-5-10(17)15-13(16)18;15-13(11-7-3-1-4-8-11)17-14(16)12-9-5-2-6-10-12;1-3-13-6-7(2)9(10(13)17)11(19-13)16-5-4-8(14)15-12(16)18;1-3-13-6-7(2)9(10(13)17)11(19-13)15-5-4-8(16)14-12(15)18;1-3-7-12(8-4-2)14-11-13-9-5-6-10;1-3-5-6-4-2/h8-10,12-13,22-24H,4-7,11,15-19H2,1-3H3,(H,28,30);4-8,13-15,19H,2-3,9-10H2,1H3,(H,18,20);5-6,9,11-12H,2,4,7H2,1,3H3,(H,15,17,18);1-10H;4-5,9-11,17H,2-3,6H2,1H3,(H2,14,15,18);4-5,9-11,17H,2-3,6H2,1H3,(H,14,16,18);3-5,7-9H2,1-2H3;3-6H2,1-2H3/p-2/t22-,23-,24-,26-,34?;13-,14-,15-,17-;9-,11+,12+,14-;;2*9-,10+,11-,13+;;/m000.11../s1. The number of nitrogens with one attached hydrogen (secondary N) is 2. The van der Waals surface area contributed by atoms with Crippen LogP contribution < -0.4 is 44.1 Å². The van der Waals surface area contributed by atoms with Crippen LogP contribution in [0.1, 0.15) is 262 Å². The van der Waals surface area contributed by atoms with E-state index in [2.05, 4.69) is 140 Å². The normalized spacial score (nSPS) is 27.9. The van der Waals surface area contributed by atoms with E-state index < -0.39 is 96.3 Å². The zero-order valence-corrected chi connectivity index (χ0v) is 89.9. The van der Waals surface area contributed by atoms with Crippen LogP contribution in [0, 0.1) is 58.2 Å². The Morgan fingerprint density at radius 3 is 1.28 bits per heavy atom. The summed E-state index contributed by atoms with van der Waals surface area (Å²) in [4.78, 5) is 106. The number of carbonyl (C=O) groups excluding carboxylic acids is 2. The van der Waals surface area contributed by atoms with Gasteiger partial charge in [0.2, 0.25) is 0 Å². The van der Waals surface area contributed by atoms with Gasteiger partial charge in [0.15, 0.2) is 0 Å². The van der Waals surface area contributed by atoms with Crippen molar-refractivity contribution in [3.63, 3.8) is 0 Å². The van der Waals surface area contributed by atoms with Crippen molar-refractivity contribution < 1.29 is 77.4 Å². The molecule has 7 N–H and O–H groups in total. The lowest BCUT2D eigenvalue weighted by molar-refractivity contribution is -0.214. The maximum atomic E-state index is 12.6. The van der Waals surface area contributed by atoms with Gasteiger partial charge in [-0.3, -0.25) is 43.2 Å². The zero-order valence-electron chi connectivity index (χ0n) is 88.1. The smallest absolute Gasteiger partial charge is 0.351 e. The lowest BCUT2D eigenvalue weighted by Crippen LogP contribution is -2.38. The number of aromatic amines is 2. The fourth-order valence-corrected chi connectivity index (χ4v) is 23.9. The van der Waals surface area contributed by atoms with E-state index in [1.54, 1.807) is 97.2 Å². The lowest BCUT2D eigenvalue weighted by Gasteiger charge is -2.35. The molecule has 5 aliphatic carbocycles. The number of rotatable bonds is 37. The van der Waals surface area contributed by atoms with Gasteiger partial charge < -0.3 is 68.7 Å². The van der Waals surface area contributed by atoms with Crippen molar-refractivity contribution in [2.45, 2.75) is 295 Å². The predicted molar refractivity (Wildman–Crippen MR) is 570 cm³/mol. The van der Waals surface area contributed by atoms with Gasteiger partial charge in [0.25, 0.3) is 19.6 Å². The summed E-state index contributed by atoms with van der Waals surface area (Å²) in [5.41, 5.74) is 7.68. The molecule has 21 atom stereocenters. The zero-order chi connectivity index (χ0) is 109. The number of anilines is 1. The van der Waals surface area contributed by atoms with Crippen LogP contribution in [-0.2, 0) is 42.3 Å². The molecule has 5 saturated carbocycles. The van der Waals surface area contributed by atoms with E-state index in [0.29, 0.717) is 86.3 Å². The number of aliphatic hydroxyl groups excluding tert-OH is 3. The number of carbonyl (C=O) groups is 2. The average Bonchev–Trinajstić information content (AvgIpc) is 1.64. The maximum Gasteiger partial charge on any atom is 0.351 e. The van der Waals surface area contributed by atoms with Gasteiger partial charge >= 0.3 is 29.0 Å². The Hall–Kier alpha value is -11.3. The third-order valence-electron chi connectivity index (χ3n) is 29.1. The number of nitrogens with zero attached hydrogens (tertiary/aromatic N) is 11. The van der Waals surface area contributed by atoms with Crippen LogP contribution >= 0.6 is 17.0 Å². The number of benzene rings is 4.